The Morgan fingerprint density at radius 3 is 2.20 bits per heavy atom. The molecule has 5 heteroatoms. The Labute approximate surface area is 39.1 Å². The third-order valence-electron chi connectivity index (χ3n) is 0.0780. The zero-order valence-corrected chi connectivity index (χ0v) is 4.86. The summed E-state index contributed by atoms with van der Waals surface area (Å²) in [5.41, 5.74) is 0. The van der Waals surface area contributed by atoms with E-state index in [0.717, 1.165) is 0 Å². The van der Waals surface area contributed by atoms with Crippen LogP contribution in [-0.2, 0) is 11.8 Å². The first-order valence-electron chi connectivity index (χ1n) is 0.810. The first kappa shape index (κ1) is 5.94. The number of hydrogen-bond donors (Lipinski definition) is 0. The van der Waals surface area contributed by atoms with E-state index in [2.05, 4.69) is 19.4 Å². The molecule has 1 unspecified atom stereocenters. The highest BCUT2D eigenvalue weighted by Gasteiger charge is 1.83. The smallest absolute Gasteiger partial charge is 0.169 e. The number of halogens is 1. The monoisotopic (exact) mass is 124 g/mol. The van der Waals surface area contributed by atoms with E-state index >= 15 is 0 Å². The summed E-state index contributed by atoms with van der Waals surface area (Å²) >= 11 is 4.18. The summed E-state index contributed by atoms with van der Waals surface area (Å²) in [6.07, 6.45) is 0. The van der Waals surface area contributed by atoms with Crippen LogP contribution in [0.5, 0.6) is 0 Å². The van der Waals surface area contributed by atoms with Crippen molar-refractivity contribution in [3.05, 3.63) is 0 Å². The molecule has 0 aliphatic carbocycles. The van der Waals surface area contributed by atoms with Gasteiger partial charge in [-0.3, -0.25) is 0 Å². The fourth-order valence-electron chi connectivity index (χ4n) is 0. The Kier molecular flexibility index (Phi) is 3.74. The van der Waals surface area contributed by atoms with Gasteiger partial charge in [0, 0.05) is 7.04 Å². The zero-order chi connectivity index (χ0) is 4.28. The Balaban J connectivity index is 2.83. The third-order valence-corrected chi connectivity index (χ3v) is 2.11. The minimum Gasteiger partial charge on any atom is -0.229 e. The molecular weight excluding hydrogens is 124 g/mol. The quantitative estimate of drug-likeness (QED) is 0.379. The molecule has 0 fully saturated rings. The lowest BCUT2D eigenvalue weighted by atomic mass is 10.8. The predicted octanol–water partition coefficient (Wildman–Crippen LogP) is 1.76. The van der Waals surface area contributed by atoms with Gasteiger partial charge in [-0.15, -0.1) is 0 Å². The SMILES string of the molecule is [B]P(F)P=S. The summed E-state index contributed by atoms with van der Waals surface area (Å²) in [4.78, 5) is 0. The Bertz CT molecular complexity index is 36.6. The summed E-state index contributed by atoms with van der Waals surface area (Å²) in [5, 5.41) is 0. The first-order valence-corrected chi connectivity index (χ1v) is 4.72. The average molecular weight is 124 g/mol. The van der Waals surface area contributed by atoms with Crippen molar-refractivity contribution in [2.75, 3.05) is 0 Å². The van der Waals surface area contributed by atoms with Crippen LogP contribution in [0.15, 0.2) is 0 Å². The maximum Gasteiger partial charge on any atom is 0.169 e. The second kappa shape index (κ2) is 3.15. The molecule has 0 heterocycles. The van der Waals surface area contributed by atoms with Crippen molar-refractivity contribution in [3.63, 3.8) is 0 Å². The third kappa shape index (κ3) is 4.94. The van der Waals surface area contributed by atoms with Gasteiger partial charge in [-0.05, 0) is 0 Å². The van der Waals surface area contributed by atoms with Gasteiger partial charge < -0.3 is 0 Å². The molecule has 0 aromatic carbocycles. The van der Waals surface area contributed by atoms with Crippen molar-refractivity contribution in [2.24, 2.45) is 0 Å². The molecule has 0 rings (SSSR count). The average Bonchev–Trinajstić information content (AvgIpc) is 1.38. The van der Waals surface area contributed by atoms with Crippen LogP contribution in [0.3, 0.4) is 0 Å². The minimum atomic E-state index is -1.81. The molecule has 0 N–H and O–H groups in total. The molecule has 0 amide bonds. The van der Waals surface area contributed by atoms with Crippen LogP contribution in [0.4, 0.5) is 4.20 Å². The molecule has 0 aliphatic rings. The second-order valence-corrected chi connectivity index (χ2v) is 4.22. The van der Waals surface area contributed by atoms with Crippen molar-refractivity contribution in [1.29, 1.82) is 0 Å². The summed E-state index contributed by atoms with van der Waals surface area (Å²) < 4.78 is 11.2. The van der Waals surface area contributed by atoms with Gasteiger partial charge in [0.15, 0.2) is 7.57 Å². The van der Waals surface area contributed by atoms with E-state index in [1.165, 1.54) is 0 Å². The number of rotatable bonds is 1. The fraction of sp³-hybridized carbons (Fsp3) is 0. The standard InChI is InChI=1S/BFP2S/c1-4(2)3-5. The van der Waals surface area contributed by atoms with Gasteiger partial charge in [-0.2, -0.15) is 0 Å². The van der Waals surface area contributed by atoms with Crippen LogP contribution >= 0.6 is 14.8 Å². The lowest BCUT2D eigenvalue weighted by molar-refractivity contribution is 0.930. The first-order chi connectivity index (χ1) is 2.27. The van der Waals surface area contributed by atoms with E-state index in [-0.39, 0.29) is 7.04 Å². The Morgan fingerprint density at radius 2 is 2.20 bits per heavy atom. The maximum atomic E-state index is 11.2. The van der Waals surface area contributed by atoms with Crippen LogP contribution in [-0.4, -0.2) is 7.57 Å². The van der Waals surface area contributed by atoms with Crippen molar-refractivity contribution in [3.8, 4) is 0 Å². The summed E-state index contributed by atoms with van der Waals surface area (Å²) in [6.45, 7) is 0. The van der Waals surface area contributed by atoms with E-state index in [1.54, 1.807) is 0 Å². The highest BCUT2D eigenvalue weighted by molar-refractivity contribution is 8.42. The summed E-state index contributed by atoms with van der Waals surface area (Å²) in [6, 6.07) is 0. The molecule has 0 aromatic rings. The fourth-order valence-corrected chi connectivity index (χ4v) is 0. The second-order valence-electron chi connectivity index (χ2n) is 0.370. The molecule has 0 spiro atoms. The molecule has 0 aromatic heterocycles. The van der Waals surface area contributed by atoms with E-state index in [0.29, 0.717) is 0 Å². The van der Waals surface area contributed by atoms with Gasteiger partial charge >= 0.3 is 0 Å². The molecule has 0 nitrogen and oxygen atoms in total. The molecule has 0 aliphatic heterocycles. The van der Waals surface area contributed by atoms with Gasteiger partial charge in [0.2, 0.25) is 0 Å². The van der Waals surface area contributed by atoms with Gasteiger partial charge in [0.25, 0.3) is 0 Å². The van der Waals surface area contributed by atoms with Crippen LogP contribution in [0.25, 0.3) is 0 Å². The molecule has 2 radical (unpaired) electrons. The van der Waals surface area contributed by atoms with Crippen molar-refractivity contribution in [1.82, 2.24) is 0 Å². The Morgan fingerprint density at radius 1 is 2.00 bits per heavy atom. The molecule has 5 heavy (non-hydrogen) atoms. The van der Waals surface area contributed by atoms with Crippen LogP contribution in [0, 0.1) is 0 Å². The van der Waals surface area contributed by atoms with Crippen LogP contribution in [0.2, 0.25) is 0 Å². The molecule has 1 atom stereocenters. The minimum absolute atomic E-state index is 0.256. The van der Waals surface area contributed by atoms with Gasteiger partial charge in [0.05, 0.1) is 7.80 Å². The normalized spacial score (nSPS) is 15.4. The van der Waals surface area contributed by atoms with Crippen LogP contribution < -0.4 is 0 Å². The van der Waals surface area contributed by atoms with E-state index in [1.807, 2.05) is 0 Å². The van der Waals surface area contributed by atoms with Crippen molar-refractivity contribution >= 4 is 34.2 Å². The molecule has 26 valence electrons. The summed E-state index contributed by atoms with van der Waals surface area (Å²) in [7, 11) is 3.02. The highest BCUT2D eigenvalue weighted by atomic mass is 32.6. The van der Waals surface area contributed by atoms with Crippen molar-refractivity contribution in [2.45, 2.75) is 0 Å². The van der Waals surface area contributed by atoms with E-state index < -0.39 is 7.80 Å². The predicted molar refractivity (Wildman–Crippen MR) is 28.1 cm³/mol. The lowest BCUT2D eigenvalue weighted by Gasteiger charge is -1.76. The van der Waals surface area contributed by atoms with Crippen LogP contribution in [0.1, 0.15) is 0 Å². The molecule has 0 bridgehead atoms. The van der Waals surface area contributed by atoms with Gasteiger partial charge in [-0.1, -0.05) is 11.8 Å². The highest BCUT2D eigenvalue weighted by Crippen LogP contribution is 2.44. The van der Waals surface area contributed by atoms with E-state index in [4.69, 9.17) is 0 Å². The number of hydrogen-bond acceptors (Lipinski definition) is 1. The largest absolute Gasteiger partial charge is 0.229 e. The lowest BCUT2D eigenvalue weighted by Crippen LogP contribution is -1.32. The van der Waals surface area contributed by atoms with Crippen molar-refractivity contribution < 1.29 is 4.20 Å². The van der Waals surface area contributed by atoms with Gasteiger partial charge in [-0.25, -0.2) is 4.20 Å². The Hall–Kier alpha value is 0.945. The topological polar surface area (TPSA) is 0 Å². The zero-order valence-electron chi connectivity index (χ0n) is 2.26. The molecular formula is BFP2S. The molecule has 0 saturated heterocycles. The van der Waals surface area contributed by atoms with Gasteiger partial charge in [0.1, 0.15) is 0 Å². The summed E-state index contributed by atoms with van der Waals surface area (Å²) in [5.74, 6) is 0. The maximum absolute atomic E-state index is 11.2. The van der Waals surface area contributed by atoms with E-state index in [9.17, 15) is 4.20 Å². The molecule has 0 saturated carbocycles.